The third-order valence-electron chi connectivity index (χ3n) is 1.89. The fourth-order valence-electron chi connectivity index (χ4n) is 1.16. The van der Waals surface area contributed by atoms with Crippen molar-refractivity contribution in [2.45, 2.75) is 10.9 Å². The molecule has 0 aromatic carbocycles. The zero-order valence-corrected chi connectivity index (χ0v) is 11.1. The lowest BCUT2D eigenvalue weighted by atomic mass is 10.4. The van der Waals surface area contributed by atoms with Crippen molar-refractivity contribution in [3.8, 4) is 0 Å². The summed E-state index contributed by atoms with van der Waals surface area (Å²) in [5.41, 5.74) is 6.14. The van der Waals surface area contributed by atoms with Crippen LogP contribution in [0, 0.1) is 0 Å². The van der Waals surface area contributed by atoms with Gasteiger partial charge >= 0.3 is 0 Å². The zero-order valence-electron chi connectivity index (χ0n) is 8.68. The first kappa shape index (κ1) is 12.1. The number of rotatable bonds is 3. The average molecular weight is 313 g/mol. The van der Waals surface area contributed by atoms with Crippen molar-refractivity contribution in [2.75, 3.05) is 5.73 Å². The minimum atomic E-state index is -0.247. The smallest absolute Gasteiger partial charge is 0.253 e. The average Bonchev–Trinajstić information content (AvgIpc) is 2.27. The molecule has 7 heteroatoms. The molecule has 2 heterocycles. The number of thioether (sulfide) groups is 1. The lowest BCUT2D eigenvalue weighted by molar-refractivity contribution is 0.943. The van der Waals surface area contributed by atoms with Gasteiger partial charge in [-0.25, -0.2) is 4.98 Å². The monoisotopic (exact) mass is 312 g/mol. The predicted octanol–water partition coefficient (Wildman–Crippen LogP) is 1.80. The van der Waals surface area contributed by atoms with Crippen molar-refractivity contribution in [1.29, 1.82) is 0 Å². The number of halogens is 1. The van der Waals surface area contributed by atoms with Gasteiger partial charge in [0.25, 0.3) is 5.56 Å². The molecule has 0 atom stereocenters. The fraction of sp³-hybridized carbons (Fsp3) is 0.100. The van der Waals surface area contributed by atoms with E-state index in [-0.39, 0.29) is 11.4 Å². The number of nitrogens with one attached hydrogen (secondary N) is 1. The number of pyridine rings is 1. The number of hydrogen-bond donors (Lipinski definition) is 2. The van der Waals surface area contributed by atoms with E-state index in [1.807, 2.05) is 12.1 Å². The van der Waals surface area contributed by atoms with Crippen molar-refractivity contribution in [3.05, 3.63) is 44.9 Å². The van der Waals surface area contributed by atoms with E-state index in [1.54, 1.807) is 6.20 Å². The summed E-state index contributed by atoms with van der Waals surface area (Å²) in [5.74, 6) is 0.847. The first-order valence-electron chi connectivity index (χ1n) is 4.73. The minimum Gasteiger partial charge on any atom is -0.383 e. The topological polar surface area (TPSA) is 84.7 Å². The van der Waals surface area contributed by atoms with Crippen LogP contribution in [0.1, 0.15) is 5.69 Å². The molecule has 2 aromatic rings. The Kier molecular flexibility index (Phi) is 3.80. The van der Waals surface area contributed by atoms with Crippen LogP contribution in [0.4, 0.5) is 5.82 Å². The van der Waals surface area contributed by atoms with Crippen molar-refractivity contribution in [2.24, 2.45) is 0 Å². The van der Waals surface area contributed by atoms with Crippen LogP contribution in [0.25, 0.3) is 0 Å². The molecule has 0 aliphatic rings. The van der Waals surface area contributed by atoms with Crippen LogP contribution in [-0.4, -0.2) is 15.0 Å². The van der Waals surface area contributed by atoms with Gasteiger partial charge in [-0.05, 0) is 28.1 Å². The summed E-state index contributed by atoms with van der Waals surface area (Å²) in [6, 6.07) is 5.07. The fourth-order valence-corrected chi connectivity index (χ4v) is 2.19. The maximum absolute atomic E-state index is 11.2. The van der Waals surface area contributed by atoms with Gasteiger partial charge in [-0.15, -0.1) is 0 Å². The summed E-state index contributed by atoms with van der Waals surface area (Å²) >= 11 is 4.70. The summed E-state index contributed by atoms with van der Waals surface area (Å²) in [6.07, 6.45) is 1.73. The quantitative estimate of drug-likeness (QED) is 0.667. The second kappa shape index (κ2) is 5.33. The summed E-state index contributed by atoms with van der Waals surface area (Å²) in [7, 11) is 0. The van der Waals surface area contributed by atoms with E-state index in [0.717, 1.165) is 10.2 Å². The second-order valence-corrected chi connectivity index (χ2v) is 5.11. The molecule has 5 nitrogen and oxygen atoms in total. The van der Waals surface area contributed by atoms with Gasteiger partial charge in [0.2, 0.25) is 0 Å². The molecule has 2 rings (SSSR count). The van der Waals surface area contributed by atoms with Crippen LogP contribution in [0.2, 0.25) is 0 Å². The number of nitrogen functional groups attached to an aromatic ring is 1. The number of anilines is 1. The van der Waals surface area contributed by atoms with Gasteiger partial charge in [0.1, 0.15) is 5.82 Å². The SMILES string of the molecule is Nc1cc(=O)[nH]c(SCc2ccc(Br)cn2)n1. The number of nitrogens with zero attached hydrogens (tertiary/aromatic N) is 2. The Morgan fingerprint density at radius 1 is 1.47 bits per heavy atom. The van der Waals surface area contributed by atoms with Gasteiger partial charge < -0.3 is 10.7 Å². The summed E-state index contributed by atoms with van der Waals surface area (Å²) in [5, 5.41) is 0.500. The Labute approximate surface area is 110 Å². The van der Waals surface area contributed by atoms with Crippen LogP contribution < -0.4 is 11.3 Å². The third-order valence-corrected chi connectivity index (χ3v) is 3.26. The van der Waals surface area contributed by atoms with Crippen LogP contribution in [0.5, 0.6) is 0 Å². The Bertz CT molecular complexity index is 569. The van der Waals surface area contributed by atoms with Crippen molar-refractivity contribution in [3.63, 3.8) is 0 Å². The molecule has 0 unspecified atom stereocenters. The number of aromatic amines is 1. The van der Waals surface area contributed by atoms with Crippen LogP contribution in [0.15, 0.2) is 38.8 Å². The molecule has 2 aromatic heterocycles. The van der Waals surface area contributed by atoms with Gasteiger partial charge in [-0.2, -0.15) is 0 Å². The van der Waals surface area contributed by atoms with E-state index in [9.17, 15) is 4.79 Å². The van der Waals surface area contributed by atoms with E-state index < -0.39 is 0 Å². The molecule has 0 bridgehead atoms. The molecule has 0 aliphatic carbocycles. The van der Waals surface area contributed by atoms with Gasteiger partial charge in [0, 0.05) is 22.5 Å². The van der Waals surface area contributed by atoms with E-state index in [2.05, 4.69) is 30.9 Å². The molecule has 0 spiro atoms. The molecule has 0 amide bonds. The first-order chi connectivity index (χ1) is 8.13. The highest BCUT2D eigenvalue weighted by molar-refractivity contribution is 9.10. The van der Waals surface area contributed by atoms with E-state index in [0.29, 0.717) is 10.9 Å². The lowest BCUT2D eigenvalue weighted by Gasteiger charge is -2.01. The molecule has 0 aliphatic heterocycles. The number of hydrogen-bond acceptors (Lipinski definition) is 5. The highest BCUT2D eigenvalue weighted by Crippen LogP contribution is 2.18. The predicted molar refractivity (Wildman–Crippen MR) is 70.8 cm³/mol. The van der Waals surface area contributed by atoms with Crippen molar-refractivity contribution in [1.82, 2.24) is 15.0 Å². The van der Waals surface area contributed by atoms with Gasteiger partial charge in [0.15, 0.2) is 5.16 Å². The normalized spacial score (nSPS) is 10.4. The first-order valence-corrected chi connectivity index (χ1v) is 6.51. The van der Waals surface area contributed by atoms with Crippen LogP contribution >= 0.6 is 27.7 Å². The summed E-state index contributed by atoms with van der Waals surface area (Å²) in [4.78, 5) is 22.0. The number of nitrogens with two attached hydrogens (primary N) is 1. The molecular formula is C10H9BrN4OS. The van der Waals surface area contributed by atoms with Gasteiger partial charge in [-0.3, -0.25) is 9.78 Å². The Morgan fingerprint density at radius 2 is 2.29 bits per heavy atom. The van der Waals surface area contributed by atoms with Gasteiger partial charge in [-0.1, -0.05) is 11.8 Å². The summed E-state index contributed by atoms with van der Waals surface area (Å²) in [6.45, 7) is 0. The third kappa shape index (κ3) is 3.57. The van der Waals surface area contributed by atoms with E-state index >= 15 is 0 Å². The van der Waals surface area contributed by atoms with Crippen LogP contribution in [-0.2, 0) is 5.75 Å². The van der Waals surface area contributed by atoms with Crippen LogP contribution in [0.3, 0.4) is 0 Å². The molecule has 0 radical (unpaired) electrons. The Balaban J connectivity index is 2.07. The second-order valence-electron chi connectivity index (χ2n) is 3.23. The summed E-state index contributed by atoms with van der Waals surface area (Å²) < 4.78 is 0.932. The highest BCUT2D eigenvalue weighted by Gasteiger charge is 2.01. The molecule has 0 saturated heterocycles. The standard InChI is InChI=1S/C10H9BrN4OS/c11-6-1-2-7(13-4-6)5-17-10-14-8(12)3-9(16)15-10/h1-4H,5H2,(H3,12,14,15,16). The molecule has 3 N–H and O–H groups in total. The number of H-pyrrole nitrogens is 1. The molecule has 88 valence electrons. The lowest BCUT2D eigenvalue weighted by Crippen LogP contribution is -2.09. The molecule has 0 fully saturated rings. The number of aromatic nitrogens is 3. The Hall–Kier alpha value is -1.34. The maximum atomic E-state index is 11.2. The molecule has 0 saturated carbocycles. The highest BCUT2D eigenvalue weighted by atomic mass is 79.9. The van der Waals surface area contributed by atoms with E-state index in [4.69, 9.17) is 5.73 Å². The largest absolute Gasteiger partial charge is 0.383 e. The van der Waals surface area contributed by atoms with Crippen molar-refractivity contribution >= 4 is 33.5 Å². The Morgan fingerprint density at radius 3 is 2.94 bits per heavy atom. The van der Waals surface area contributed by atoms with Gasteiger partial charge in [0.05, 0.1) is 5.69 Å². The van der Waals surface area contributed by atoms with Crippen molar-refractivity contribution < 1.29 is 0 Å². The minimum absolute atomic E-state index is 0.222. The zero-order chi connectivity index (χ0) is 12.3. The maximum Gasteiger partial charge on any atom is 0.253 e. The van der Waals surface area contributed by atoms with E-state index in [1.165, 1.54) is 17.8 Å². The molecule has 17 heavy (non-hydrogen) atoms. The molecular weight excluding hydrogens is 304 g/mol.